The largest absolute Gasteiger partial charge is 0.395 e. The summed E-state index contributed by atoms with van der Waals surface area (Å²) in [7, 11) is 2.02. The summed E-state index contributed by atoms with van der Waals surface area (Å²) in [5, 5.41) is 13.5. The molecule has 1 aliphatic heterocycles. The van der Waals surface area contributed by atoms with Crippen LogP contribution < -0.4 is 5.32 Å². The van der Waals surface area contributed by atoms with E-state index in [-0.39, 0.29) is 6.61 Å². The SMILES string of the molecule is CC(CN(C)CCO)NCc1cn2c(n1)SCC2. The third kappa shape index (κ3) is 3.71. The summed E-state index contributed by atoms with van der Waals surface area (Å²) in [6.07, 6.45) is 2.15. The molecule has 18 heavy (non-hydrogen) atoms. The number of aryl methyl sites for hydroxylation is 1. The molecule has 0 fully saturated rings. The lowest BCUT2D eigenvalue weighted by Gasteiger charge is -2.21. The Morgan fingerprint density at radius 1 is 1.67 bits per heavy atom. The van der Waals surface area contributed by atoms with Crippen molar-refractivity contribution in [3.63, 3.8) is 0 Å². The molecule has 0 aliphatic carbocycles. The highest BCUT2D eigenvalue weighted by atomic mass is 32.2. The summed E-state index contributed by atoms with van der Waals surface area (Å²) in [4.78, 5) is 6.71. The second-order valence-electron chi connectivity index (χ2n) is 4.82. The molecule has 0 bridgehead atoms. The quantitative estimate of drug-likeness (QED) is 0.751. The van der Waals surface area contributed by atoms with E-state index in [2.05, 4.69) is 32.9 Å². The zero-order valence-corrected chi connectivity index (χ0v) is 11.9. The fourth-order valence-corrected chi connectivity index (χ4v) is 3.08. The topological polar surface area (TPSA) is 53.3 Å². The van der Waals surface area contributed by atoms with Gasteiger partial charge in [-0.3, -0.25) is 0 Å². The summed E-state index contributed by atoms with van der Waals surface area (Å²) in [6.45, 7) is 5.93. The molecule has 6 heteroatoms. The average Bonchev–Trinajstić information content (AvgIpc) is 2.86. The van der Waals surface area contributed by atoms with E-state index in [0.717, 1.165) is 42.8 Å². The van der Waals surface area contributed by atoms with Crippen molar-refractivity contribution in [2.45, 2.75) is 31.2 Å². The fraction of sp³-hybridized carbons (Fsp3) is 0.750. The molecule has 1 aliphatic rings. The molecule has 0 spiro atoms. The Morgan fingerprint density at radius 2 is 2.50 bits per heavy atom. The lowest BCUT2D eigenvalue weighted by Crippen LogP contribution is -2.38. The Kier molecular flexibility index (Phi) is 5.05. The van der Waals surface area contributed by atoms with Crippen LogP contribution in [0.15, 0.2) is 11.4 Å². The number of hydrogen-bond donors (Lipinski definition) is 2. The zero-order valence-electron chi connectivity index (χ0n) is 11.1. The van der Waals surface area contributed by atoms with Crippen molar-refractivity contribution in [2.24, 2.45) is 0 Å². The number of rotatable bonds is 7. The molecule has 102 valence electrons. The molecule has 0 aromatic carbocycles. The van der Waals surface area contributed by atoms with Crippen LogP contribution in [0.3, 0.4) is 0 Å². The van der Waals surface area contributed by atoms with E-state index in [4.69, 9.17) is 5.11 Å². The van der Waals surface area contributed by atoms with Gasteiger partial charge in [-0.15, -0.1) is 0 Å². The standard InChI is InChI=1S/C12H22N4OS/c1-10(8-15(2)3-5-17)13-7-11-9-16-4-6-18-12(16)14-11/h9-10,13,17H,3-8H2,1-2H3. The molecule has 1 unspecified atom stereocenters. The van der Waals surface area contributed by atoms with E-state index < -0.39 is 0 Å². The molecule has 0 amide bonds. The van der Waals surface area contributed by atoms with Crippen LogP contribution in [-0.2, 0) is 13.1 Å². The van der Waals surface area contributed by atoms with Crippen molar-refractivity contribution >= 4 is 11.8 Å². The first-order chi connectivity index (χ1) is 8.69. The molecule has 0 radical (unpaired) electrons. The summed E-state index contributed by atoms with van der Waals surface area (Å²) in [6, 6.07) is 0.394. The smallest absolute Gasteiger partial charge is 0.168 e. The monoisotopic (exact) mass is 270 g/mol. The fourth-order valence-electron chi connectivity index (χ4n) is 2.12. The van der Waals surface area contributed by atoms with Gasteiger partial charge in [-0.25, -0.2) is 4.98 Å². The van der Waals surface area contributed by atoms with Crippen LogP contribution in [-0.4, -0.2) is 58.1 Å². The van der Waals surface area contributed by atoms with Crippen molar-refractivity contribution in [2.75, 3.05) is 32.5 Å². The highest BCUT2D eigenvalue weighted by Gasteiger charge is 2.14. The first-order valence-electron chi connectivity index (χ1n) is 6.40. The van der Waals surface area contributed by atoms with Gasteiger partial charge >= 0.3 is 0 Å². The van der Waals surface area contributed by atoms with Gasteiger partial charge in [-0.2, -0.15) is 0 Å². The van der Waals surface area contributed by atoms with Crippen molar-refractivity contribution < 1.29 is 5.11 Å². The van der Waals surface area contributed by atoms with Gasteiger partial charge in [-0.1, -0.05) is 11.8 Å². The van der Waals surface area contributed by atoms with Crippen LogP contribution in [0.25, 0.3) is 0 Å². The molecular weight excluding hydrogens is 248 g/mol. The van der Waals surface area contributed by atoms with E-state index in [0.29, 0.717) is 6.04 Å². The third-order valence-corrected chi connectivity index (χ3v) is 4.02. The number of fused-ring (bicyclic) bond motifs is 1. The Labute approximate surface area is 113 Å². The molecule has 1 aromatic rings. The van der Waals surface area contributed by atoms with E-state index in [1.165, 1.54) is 0 Å². The maximum atomic E-state index is 8.85. The summed E-state index contributed by atoms with van der Waals surface area (Å²) < 4.78 is 2.23. The summed E-state index contributed by atoms with van der Waals surface area (Å²) in [5.74, 6) is 1.15. The van der Waals surface area contributed by atoms with Gasteiger partial charge < -0.3 is 19.9 Å². The molecular formula is C12H22N4OS. The minimum Gasteiger partial charge on any atom is -0.395 e. The Bertz CT molecular complexity index is 361. The van der Waals surface area contributed by atoms with Gasteiger partial charge in [0.15, 0.2) is 5.16 Å². The number of likely N-dealkylation sites (N-methyl/N-ethyl adjacent to an activating group) is 1. The van der Waals surface area contributed by atoms with E-state index in [1.54, 1.807) is 0 Å². The first kappa shape index (κ1) is 13.9. The van der Waals surface area contributed by atoms with Crippen LogP contribution in [0.5, 0.6) is 0 Å². The number of hydrogen-bond acceptors (Lipinski definition) is 5. The molecule has 0 saturated carbocycles. The zero-order chi connectivity index (χ0) is 13.0. The van der Waals surface area contributed by atoms with Gasteiger partial charge in [0.05, 0.1) is 12.3 Å². The average molecular weight is 270 g/mol. The number of aromatic nitrogens is 2. The van der Waals surface area contributed by atoms with Crippen molar-refractivity contribution in [1.29, 1.82) is 0 Å². The Hall–Kier alpha value is -0.560. The van der Waals surface area contributed by atoms with Crippen LogP contribution in [0.4, 0.5) is 0 Å². The number of nitrogens with one attached hydrogen (secondary N) is 1. The summed E-state index contributed by atoms with van der Waals surface area (Å²) >= 11 is 1.83. The van der Waals surface area contributed by atoms with Crippen LogP contribution >= 0.6 is 11.8 Å². The predicted molar refractivity (Wildman–Crippen MR) is 73.8 cm³/mol. The van der Waals surface area contributed by atoms with E-state index in [1.807, 2.05) is 18.8 Å². The van der Waals surface area contributed by atoms with Crippen molar-refractivity contribution in [3.05, 3.63) is 11.9 Å². The number of aliphatic hydroxyl groups is 1. The van der Waals surface area contributed by atoms with Gasteiger partial charge in [0.25, 0.3) is 0 Å². The molecule has 1 aromatic heterocycles. The molecule has 1 atom stereocenters. The molecule has 0 saturated heterocycles. The normalized spacial score (nSPS) is 16.2. The van der Waals surface area contributed by atoms with E-state index in [9.17, 15) is 0 Å². The van der Waals surface area contributed by atoms with Crippen molar-refractivity contribution in [3.8, 4) is 0 Å². The van der Waals surface area contributed by atoms with Crippen LogP contribution in [0.1, 0.15) is 12.6 Å². The number of imidazole rings is 1. The minimum absolute atomic E-state index is 0.216. The highest BCUT2D eigenvalue weighted by Crippen LogP contribution is 2.24. The van der Waals surface area contributed by atoms with E-state index >= 15 is 0 Å². The minimum atomic E-state index is 0.216. The molecule has 2 rings (SSSR count). The second kappa shape index (κ2) is 6.56. The van der Waals surface area contributed by atoms with Gasteiger partial charge in [-0.05, 0) is 14.0 Å². The van der Waals surface area contributed by atoms with Gasteiger partial charge in [0.1, 0.15) is 0 Å². The van der Waals surface area contributed by atoms with Crippen LogP contribution in [0.2, 0.25) is 0 Å². The van der Waals surface area contributed by atoms with Gasteiger partial charge in [0, 0.05) is 44.2 Å². The third-order valence-electron chi connectivity index (χ3n) is 3.05. The first-order valence-corrected chi connectivity index (χ1v) is 7.39. The maximum absolute atomic E-state index is 8.85. The number of nitrogens with zero attached hydrogens (tertiary/aromatic N) is 3. The van der Waals surface area contributed by atoms with Crippen LogP contribution in [0, 0.1) is 0 Å². The lowest BCUT2D eigenvalue weighted by atomic mass is 10.3. The summed E-state index contributed by atoms with van der Waals surface area (Å²) in [5.41, 5.74) is 1.12. The number of aliphatic hydroxyl groups excluding tert-OH is 1. The Morgan fingerprint density at radius 3 is 3.22 bits per heavy atom. The number of thioether (sulfide) groups is 1. The highest BCUT2D eigenvalue weighted by molar-refractivity contribution is 7.99. The van der Waals surface area contributed by atoms with Crippen molar-refractivity contribution in [1.82, 2.24) is 19.8 Å². The molecule has 5 nitrogen and oxygen atoms in total. The lowest BCUT2D eigenvalue weighted by molar-refractivity contribution is 0.210. The molecule has 2 N–H and O–H groups in total. The Balaban J connectivity index is 1.73. The predicted octanol–water partition coefficient (Wildman–Crippen LogP) is 0.391. The van der Waals surface area contributed by atoms with Gasteiger partial charge in [0.2, 0.25) is 0 Å². The maximum Gasteiger partial charge on any atom is 0.168 e. The molecule has 2 heterocycles. The second-order valence-corrected chi connectivity index (χ2v) is 5.89.